The van der Waals surface area contributed by atoms with Crippen LogP contribution in [0.25, 0.3) is 0 Å². The lowest BCUT2D eigenvalue weighted by Gasteiger charge is -2.18. The second kappa shape index (κ2) is 12.1. The highest BCUT2D eigenvalue weighted by molar-refractivity contribution is 7.89. The number of benzene rings is 3. The first-order valence-corrected chi connectivity index (χ1v) is 12.6. The monoisotopic (exact) mass is 495 g/mol. The van der Waals surface area contributed by atoms with Crippen molar-refractivity contribution in [3.63, 3.8) is 0 Å². The Kier molecular flexibility index (Phi) is 8.99. The van der Waals surface area contributed by atoms with E-state index in [2.05, 4.69) is 15.2 Å². The Bertz CT molecular complexity index is 1260. The summed E-state index contributed by atoms with van der Waals surface area (Å²) in [5.41, 5.74) is 4.79. The fourth-order valence-electron chi connectivity index (χ4n) is 3.34. The predicted octanol–water partition coefficient (Wildman–Crippen LogP) is 3.96. The molecule has 0 spiro atoms. The van der Waals surface area contributed by atoms with Crippen molar-refractivity contribution in [3.8, 4) is 11.5 Å². The fraction of sp³-hybridized carbons (Fsp3) is 0.231. The quantitative estimate of drug-likeness (QED) is 0.309. The minimum Gasteiger partial charge on any atom is -0.493 e. The summed E-state index contributed by atoms with van der Waals surface area (Å²) in [6.45, 7) is 4.23. The van der Waals surface area contributed by atoms with Gasteiger partial charge >= 0.3 is 0 Å². The molecule has 0 aliphatic rings. The van der Waals surface area contributed by atoms with Crippen molar-refractivity contribution in [2.24, 2.45) is 5.10 Å². The molecule has 3 rings (SSSR count). The summed E-state index contributed by atoms with van der Waals surface area (Å²) in [6.07, 6.45) is 1.34. The van der Waals surface area contributed by atoms with E-state index in [-0.39, 0.29) is 11.3 Å². The van der Waals surface area contributed by atoms with Crippen LogP contribution in [0.4, 0.5) is 0 Å². The lowest BCUT2D eigenvalue weighted by Crippen LogP contribution is -2.32. The Morgan fingerprint density at radius 3 is 2.40 bits per heavy atom. The average Bonchev–Trinajstić information content (AvgIpc) is 2.85. The molecular weight excluding hydrogens is 466 g/mol. The molecular formula is C26H29N3O5S. The number of amides is 1. The van der Waals surface area contributed by atoms with Crippen LogP contribution in [0, 0.1) is 6.92 Å². The summed E-state index contributed by atoms with van der Waals surface area (Å²) in [6, 6.07) is 20.0. The first kappa shape index (κ1) is 25.9. The number of hydrogen-bond donors (Lipinski definition) is 2. The average molecular weight is 496 g/mol. The van der Waals surface area contributed by atoms with Crippen LogP contribution in [0.3, 0.4) is 0 Å². The van der Waals surface area contributed by atoms with E-state index < -0.39 is 22.0 Å². The SMILES string of the molecule is CCOc1cc(/C=N\NC(=O)C[C@@H](NS(=O)(=O)c2ccc(C)cc2)c2ccccc2)ccc1OC. The van der Waals surface area contributed by atoms with Crippen molar-refractivity contribution in [3.05, 3.63) is 89.5 Å². The summed E-state index contributed by atoms with van der Waals surface area (Å²) in [5, 5.41) is 4.01. The molecule has 8 nitrogen and oxygen atoms in total. The van der Waals surface area contributed by atoms with Crippen LogP contribution in [0.2, 0.25) is 0 Å². The first-order chi connectivity index (χ1) is 16.8. The van der Waals surface area contributed by atoms with Gasteiger partial charge in [0, 0.05) is 6.42 Å². The van der Waals surface area contributed by atoms with E-state index in [0.29, 0.717) is 29.2 Å². The third-order valence-electron chi connectivity index (χ3n) is 5.11. The molecule has 9 heteroatoms. The second-order valence-corrected chi connectivity index (χ2v) is 9.45. The second-order valence-electron chi connectivity index (χ2n) is 7.74. The van der Waals surface area contributed by atoms with Gasteiger partial charge in [-0.2, -0.15) is 5.10 Å². The topological polar surface area (TPSA) is 106 Å². The molecule has 0 aliphatic carbocycles. The maximum atomic E-state index is 13.0. The summed E-state index contributed by atoms with van der Waals surface area (Å²) in [5.74, 6) is 0.722. The van der Waals surface area contributed by atoms with Crippen LogP contribution >= 0.6 is 0 Å². The molecule has 0 heterocycles. The van der Waals surface area contributed by atoms with E-state index in [1.54, 1.807) is 61.7 Å². The standard InChI is InChI=1S/C26H29N3O5S/c1-4-34-25-16-20(12-15-24(25)33-3)18-27-28-26(30)17-23(21-8-6-5-7-9-21)29-35(31,32)22-13-10-19(2)11-14-22/h5-16,18,23,29H,4,17H2,1-3H3,(H,28,30)/b27-18-/t23-/m1/s1. The molecule has 1 amide bonds. The van der Waals surface area contributed by atoms with Crippen molar-refractivity contribution in [2.45, 2.75) is 31.2 Å². The van der Waals surface area contributed by atoms with Crippen LogP contribution in [0.5, 0.6) is 11.5 Å². The number of carbonyl (C=O) groups is 1. The molecule has 0 aromatic heterocycles. The molecule has 0 saturated carbocycles. The molecule has 0 fully saturated rings. The lowest BCUT2D eigenvalue weighted by molar-refractivity contribution is -0.121. The Labute approximate surface area is 206 Å². The number of methoxy groups -OCH3 is 1. The highest BCUT2D eigenvalue weighted by atomic mass is 32.2. The van der Waals surface area contributed by atoms with Crippen molar-refractivity contribution < 1.29 is 22.7 Å². The van der Waals surface area contributed by atoms with Gasteiger partial charge in [-0.1, -0.05) is 48.0 Å². The zero-order valence-electron chi connectivity index (χ0n) is 19.9. The smallest absolute Gasteiger partial charge is 0.242 e. The van der Waals surface area contributed by atoms with Gasteiger partial charge in [-0.3, -0.25) is 4.79 Å². The minimum atomic E-state index is -3.84. The van der Waals surface area contributed by atoms with Crippen LogP contribution in [0.15, 0.2) is 82.8 Å². The summed E-state index contributed by atoms with van der Waals surface area (Å²) >= 11 is 0. The molecule has 3 aromatic carbocycles. The molecule has 0 aliphatic heterocycles. The molecule has 0 bridgehead atoms. The molecule has 0 saturated heterocycles. The van der Waals surface area contributed by atoms with E-state index >= 15 is 0 Å². The fourth-order valence-corrected chi connectivity index (χ4v) is 4.56. The van der Waals surface area contributed by atoms with Crippen molar-refractivity contribution >= 4 is 22.1 Å². The molecule has 35 heavy (non-hydrogen) atoms. The zero-order chi connectivity index (χ0) is 25.3. The largest absolute Gasteiger partial charge is 0.493 e. The Morgan fingerprint density at radius 2 is 1.74 bits per heavy atom. The van der Waals surface area contributed by atoms with Crippen LogP contribution < -0.4 is 19.6 Å². The molecule has 0 unspecified atom stereocenters. The van der Waals surface area contributed by atoms with E-state index in [1.165, 1.54) is 18.3 Å². The minimum absolute atomic E-state index is 0.132. The van der Waals surface area contributed by atoms with Gasteiger partial charge < -0.3 is 9.47 Å². The van der Waals surface area contributed by atoms with Gasteiger partial charge in [0.2, 0.25) is 15.9 Å². The Morgan fingerprint density at radius 1 is 1.03 bits per heavy atom. The first-order valence-electron chi connectivity index (χ1n) is 11.1. The van der Waals surface area contributed by atoms with Gasteiger partial charge in [-0.15, -0.1) is 0 Å². The van der Waals surface area contributed by atoms with Crippen LogP contribution in [0.1, 0.15) is 36.1 Å². The van der Waals surface area contributed by atoms with Crippen molar-refractivity contribution in [2.75, 3.05) is 13.7 Å². The molecule has 3 aromatic rings. The maximum absolute atomic E-state index is 13.0. The summed E-state index contributed by atoms with van der Waals surface area (Å²) < 4.78 is 39.4. The number of rotatable bonds is 11. The van der Waals surface area contributed by atoms with E-state index in [4.69, 9.17) is 9.47 Å². The van der Waals surface area contributed by atoms with E-state index in [9.17, 15) is 13.2 Å². The highest BCUT2D eigenvalue weighted by Gasteiger charge is 2.23. The molecule has 2 N–H and O–H groups in total. The van der Waals surface area contributed by atoms with Gasteiger partial charge in [-0.25, -0.2) is 18.6 Å². The van der Waals surface area contributed by atoms with Crippen molar-refractivity contribution in [1.82, 2.24) is 10.1 Å². The lowest BCUT2D eigenvalue weighted by atomic mass is 10.0. The number of ether oxygens (including phenoxy) is 2. The van der Waals surface area contributed by atoms with E-state index in [1.807, 2.05) is 19.9 Å². The van der Waals surface area contributed by atoms with Gasteiger partial charge in [0.05, 0.1) is 30.9 Å². The number of hydrogen-bond acceptors (Lipinski definition) is 6. The van der Waals surface area contributed by atoms with E-state index in [0.717, 1.165) is 5.56 Å². The number of nitrogens with one attached hydrogen (secondary N) is 2. The number of hydrazone groups is 1. The maximum Gasteiger partial charge on any atom is 0.242 e. The van der Waals surface area contributed by atoms with Gasteiger partial charge in [0.25, 0.3) is 0 Å². The molecule has 184 valence electrons. The van der Waals surface area contributed by atoms with Gasteiger partial charge in [0.1, 0.15) is 0 Å². The number of nitrogens with zero attached hydrogens (tertiary/aromatic N) is 1. The molecule has 1 atom stereocenters. The summed E-state index contributed by atoms with van der Waals surface area (Å²) in [7, 11) is -2.29. The van der Waals surface area contributed by atoms with Crippen LogP contribution in [-0.4, -0.2) is 34.3 Å². The third-order valence-corrected chi connectivity index (χ3v) is 6.60. The third kappa shape index (κ3) is 7.40. The number of sulfonamides is 1. The Hall–Kier alpha value is -3.69. The van der Waals surface area contributed by atoms with Crippen molar-refractivity contribution in [1.29, 1.82) is 0 Å². The van der Waals surface area contributed by atoms with Gasteiger partial charge in [-0.05, 0) is 55.3 Å². The number of aryl methyl sites for hydroxylation is 1. The van der Waals surface area contributed by atoms with Gasteiger partial charge in [0.15, 0.2) is 11.5 Å². The zero-order valence-corrected chi connectivity index (χ0v) is 20.7. The predicted molar refractivity (Wildman–Crippen MR) is 135 cm³/mol. The van der Waals surface area contributed by atoms with Crippen LogP contribution in [-0.2, 0) is 14.8 Å². The summed E-state index contributed by atoms with van der Waals surface area (Å²) in [4.78, 5) is 12.8. The Balaban J connectivity index is 1.72. The normalized spacial score (nSPS) is 12.3. The highest BCUT2D eigenvalue weighted by Crippen LogP contribution is 2.27. The number of carbonyl (C=O) groups excluding carboxylic acids is 1. The molecule has 0 radical (unpaired) electrons.